The molecule has 0 aliphatic rings. The van der Waals surface area contributed by atoms with Crippen molar-refractivity contribution >= 4 is 62.3 Å². The number of rotatable bonds is 11. The Morgan fingerprint density at radius 3 is 2.25 bits per heavy atom. The number of halogens is 3. The normalized spacial score (nSPS) is 13.0. The zero-order valence-corrected chi connectivity index (χ0v) is 23.8. The number of anilines is 1. The zero-order valence-electron chi connectivity index (χ0n) is 20.7. The van der Waals surface area contributed by atoms with Crippen molar-refractivity contribution < 1.29 is 22.7 Å². The smallest absolute Gasteiger partial charge is 0.244 e. The summed E-state index contributed by atoms with van der Waals surface area (Å²) in [4.78, 5) is 27.8. The van der Waals surface area contributed by atoms with Crippen LogP contribution in [0.4, 0.5) is 5.69 Å². The molecule has 0 aliphatic heterocycles. The second kappa shape index (κ2) is 12.9. The Bertz CT molecular complexity index is 1210. The summed E-state index contributed by atoms with van der Waals surface area (Å²) in [6.45, 7) is 4.76. The monoisotopic (exact) mass is 577 g/mol. The zero-order chi connectivity index (χ0) is 27.2. The lowest BCUT2D eigenvalue weighted by atomic mass is 10.1. The highest BCUT2D eigenvalue weighted by atomic mass is 35.5. The molecule has 2 aromatic rings. The molecule has 0 aliphatic carbocycles. The van der Waals surface area contributed by atoms with Gasteiger partial charge in [0.1, 0.15) is 18.3 Å². The Labute approximate surface area is 227 Å². The van der Waals surface area contributed by atoms with E-state index in [-0.39, 0.29) is 29.2 Å². The first kappa shape index (κ1) is 30.0. The first-order valence-corrected chi connectivity index (χ1v) is 14.1. The first-order valence-electron chi connectivity index (χ1n) is 11.1. The number of carbonyl (C=O) groups excluding carboxylic acids is 2. The van der Waals surface area contributed by atoms with Crippen LogP contribution in [0.5, 0.6) is 5.75 Å². The third-order valence-corrected chi connectivity index (χ3v) is 7.65. The Hall–Kier alpha value is -2.20. The van der Waals surface area contributed by atoms with E-state index in [0.717, 1.165) is 10.6 Å². The summed E-state index contributed by atoms with van der Waals surface area (Å²) in [6, 6.07) is 8.18. The second-order valence-electron chi connectivity index (χ2n) is 8.34. The lowest BCUT2D eigenvalue weighted by molar-refractivity contribution is -0.139. The van der Waals surface area contributed by atoms with Gasteiger partial charge in [0, 0.05) is 22.6 Å². The van der Waals surface area contributed by atoms with E-state index in [4.69, 9.17) is 39.5 Å². The van der Waals surface area contributed by atoms with Crippen LogP contribution in [0.15, 0.2) is 36.4 Å². The number of ether oxygens (including phenoxy) is 1. The minimum atomic E-state index is -3.90. The number of benzene rings is 2. The minimum Gasteiger partial charge on any atom is -0.495 e. The minimum absolute atomic E-state index is 0.0368. The van der Waals surface area contributed by atoms with Crippen molar-refractivity contribution in [3.63, 3.8) is 0 Å². The number of nitrogens with one attached hydrogen (secondary N) is 1. The molecule has 0 spiro atoms. The van der Waals surface area contributed by atoms with Gasteiger partial charge in [-0.05, 0) is 56.2 Å². The van der Waals surface area contributed by atoms with Crippen LogP contribution in [-0.2, 0) is 26.2 Å². The molecule has 2 amide bonds. The molecule has 2 rings (SSSR count). The van der Waals surface area contributed by atoms with Crippen LogP contribution in [0.25, 0.3) is 0 Å². The van der Waals surface area contributed by atoms with Gasteiger partial charge < -0.3 is 15.0 Å². The van der Waals surface area contributed by atoms with Crippen LogP contribution in [0.2, 0.25) is 15.1 Å². The topological polar surface area (TPSA) is 96.0 Å². The third-order valence-electron chi connectivity index (χ3n) is 5.63. The molecular formula is C24H30Cl3N3O5S. The Kier molecular flexibility index (Phi) is 10.7. The number of carbonyl (C=O) groups is 2. The van der Waals surface area contributed by atoms with E-state index in [9.17, 15) is 18.0 Å². The number of nitrogens with zero attached hydrogens (tertiary/aromatic N) is 2. The van der Waals surface area contributed by atoms with Crippen LogP contribution < -0.4 is 14.4 Å². The summed E-state index contributed by atoms with van der Waals surface area (Å²) in [6.07, 6.45) is 1.69. The van der Waals surface area contributed by atoms with E-state index in [0.29, 0.717) is 27.8 Å². The predicted octanol–water partition coefficient (Wildman–Crippen LogP) is 4.75. The molecule has 0 fully saturated rings. The van der Waals surface area contributed by atoms with Gasteiger partial charge in [-0.2, -0.15) is 0 Å². The SMILES string of the molecule is CCC(C)NC(=O)C(C)N(Cc1ccc(Cl)cc1Cl)C(=O)CN(c1ccc(OC)c(Cl)c1)S(C)(=O)=O. The van der Waals surface area contributed by atoms with E-state index >= 15 is 0 Å². The lowest BCUT2D eigenvalue weighted by Gasteiger charge is -2.32. The standard InChI is InChI=1S/C24H30Cl3N3O5S/c1-6-15(2)28-24(32)16(3)29(13-17-7-8-18(25)11-20(17)26)23(31)14-30(36(5,33)34)19-9-10-22(35-4)21(27)12-19/h7-12,15-16H,6,13-14H2,1-5H3,(H,28,32). The highest BCUT2D eigenvalue weighted by Gasteiger charge is 2.31. The quantitative estimate of drug-likeness (QED) is 0.415. The summed E-state index contributed by atoms with van der Waals surface area (Å²) in [5, 5.41) is 3.78. The van der Waals surface area contributed by atoms with Gasteiger partial charge in [0.15, 0.2) is 0 Å². The predicted molar refractivity (Wildman–Crippen MR) is 145 cm³/mol. The van der Waals surface area contributed by atoms with Gasteiger partial charge in [0.05, 0.1) is 24.1 Å². The number of hydrogen-bond acceptors (Lipinski definition) is 5. The van der Waals surface area contributed by atoms with Crippen molar-refractivity contribution in [1.82, 2.24) is 10.2 Å². The molecule has 0 saturated carbocycles. The Morgan fingerprint density at radius 2 is 1.72 bits per heavy atom. The van der Waals surface area contributed by atoms with Crippen LogP contribution in [0.3, 0.4) is 0 Å². The van der Waals surface area contributed by atoms with Gasteiger partial charge >= 0.3 is 0 Å². The molecule has 2 atom stereocenters. The molecule has 0 saturated heterocycles. The van der Waals surface area contributed by atoms with Crippen molar-refractivity contribution in [2.75, 3.05) is 24.2 Å². The molecule has 0 radical (unpaired) electrons. The Balaban J connectivity index is 2.45. The molecule has 198 valence electrons. The molecule has 0 aromatic heterocycles. The Morgan fingerprint density at radius 1 is 1.06 bits per heavy atom. The van der Waals surface area contributed by atoms with E-state index < -0.39 is 28.5 Å². The summed E-state index contributed by atoms with van der Waals surface area (Å²) in [5.74, 6) is -0.624. The van der Waals surface area contributed by atoms with Crippen molar-refractivity contribution in [2.45, 2.75) is 45.8 Å². The van der Waals surface area contributed by atoms with E-state index in [2.05, 4.69) is 5.32 Å². The fourth-order valence-electron chi connectivity index (χ4n) is 3.31. The fourth-order valence-corrected chi connectivity index (χ4v) is 4.87. The van der Waals surface area contributed by atoms with Crippen LogP contribution >= 0.6 is 34.8 Å². The molecule has 2 unspecified atom stereocenters. The third kappa shape index (κ3) is 7.90. The summed E-state index contributed by atoms with van der Waals surface area (Å²) >= 11 is 18.5. The van der Waals surface area contributed by atoms with E-state index in [1.54, 1.807) is 19.1 Å². The van der Waals surface area contributed by atoms with E-state index in [1.165, 1.54) is 36.3 Å². The first-order chi connectivity index (χ1) is 16.8. The van der Waals surface area contributed by atoms with Gasteiger partial charge in [-0.3, -0.25) is 13.9 Å². The van der Waals surface area contributed by atoms with Crippen LogP contribution in [-0.4, -0.2) is 57.1 Å². The molecule has 36 heavy (non-hydrogen) atoms. The van der Waals surface area contributed by atoms with Crippen molar-refractivity contribution in [3.05, 3.63) is 57.0 Å². The lowest BCUT2D eigenvalue weighted by Crippen LogP contribution is -2.52. The van der Waals surface area contributed by atoms with Gasteiger partial charge in [0.25, 0.3) is 0 Å². The molecule has 2 aromatic carbocycles. The maximum Gasteiger partial charge on any atom is 0.244 e. The largest absolute Gasteiger partial charge is 0.495 e. The van der Waals surface area contributed by atoms with Crippen molar-refractivity contribution in [1.29, 1.82) is 0 Å². The average Bonchev–Trinajstić information content (AvgIpc) is 2.80. The number of hydrogen-bond donors (Lipinski definition) is 1. The van der Waals surface area contributed by atoms with Gasteiger partial charge in [-0.25, -0.2) is 8.42 Å². The highest BCUT2D eigenvalue weighted by molar-refractivity contribution is 7.92. The fraction of sp³-hybridized carbons (Fsp3) is 0.417. The molecule has 1 N–H and O–H groups in total. The van der Waals surface area contributed by atoms with Crippen molar-refractivity contribution in [3.8, 4) is 5.75 Å². The van der Waals surface area contributed by atoms with Crippen molar-refractivity contribution in [2.24, 2.45) is 0 Å². The maximum atomic E-state index is 13.6. The van der Waals surface area contributed by atoms with Gasteiger partial charge in [-0.15, -0.1) is 0 Å². The molecule has 12 heteroatoms. The van der Waals surface area contributed by atoms with Crippen LogP contribution in [0.1, 0.15) is 32.8 Å². The van der Waals surface area contributed by atoms with Crippen LogP contribution in [0, 0.1) is 0 Å². The summed E-state index contributed by atoms with van der Waals surface area (Å²) < 4.78 is 31.4. The number of methoxy groups -OCH3 is 1. The summed E-state index contributed by atoms with van der Waals surface area (Å²) in [5.41, 5.74) is 0.730. The second-order valence-corrected chi connectivity index (χ2v) is 11.5. The van der Waals surface area contributed by atoms with Gasteiger partial charge in [0.2, 0.25) is 21.8 Å². The van der Waals surface area contributed by atoms with E-state index in [1.807, 2.05) is 13.8 Å². The summed E-state index contributed by atoms with van der Waals surface area (Å²) in [7, 11) is -2.46. The molecule has 8 nitrogen and oxygen atoms in total. The average molecular weight is 579 g/mol. The highest BCUT2D eigenvalue weighted by Crippen LogP contribution is 2.30. The maximum absolute atomic E-state index is 13.6. The number of sulfonamides is 1. The molecular weight excluding hydrogens is 549 g/mol. The molecule has 0 bridgehead atoms. The number of amides is 2. The molecule has 0 heterocycles. The van der Waals surface area contributed by atoms with Gasteiger partial charge in [-0.1, -0.05) is 47.8 Å².